The Balaban J connectivity index is 0.859. The SMILES string of the molecule is CCN(C)S(=O)(=O)Nc1ccc(F)c(C(=O)c2c[nH]c3ncc(-c4cnc(N5CCN(CC(C=O)N6CCC(c7ccc(NC8CCC(=O)NC8=O)cc7)CC6)CC5)nc4)c(C)c23)c1F. The average molecular weight is 912 g/mol. The number of halogens is 2. The second-order valence-electron chi connectivity index (χ2n) is 16.7. The van der Waals surface area contributed by atoms with E-state index in [9.17, 15) is 27.6 Å². The Morgan fingerprint density at radius 2 is 1.68 bits per heavy atom. The normalized spacial score (nSPS) is 18.5. The Kier molecular flexibility index (Phi) is 13.3. The van der Waals surface area contributed by atoms with Crippen molar-refractivity contribution in [2.45, 2.75) is 57.5 Å². The molecular formula is C45H51F2N11O6S. The number of ketones is 1. The number of aldehydes is 1. The first-order chi connectivity index (χ1) is 31.2. The summed E-state index contributed by atoms with van der Waals surface area (Å²) in [6, 6.07) is 9.25. The molecule has 2 amide bonds. The van der Waals surface area contributed by atoms with Crippen LogP contribution in [-0.4, -0.2) is 138 Å². The Hall–Kier alpha value is -6.22. The fraction of sp³-hybridized carbons (Fsp3) is 0.400. The van der Waals surface area contributed by atoms with Crippen LogP contribution in [0.3, 0.4) is 0 Å². The molecule has 0 saturated carbocycles. The number of carbonyl (C=O) groups excluding carboxylic acids is 4. The number of aromatic nitrogens is 4. The smallest absolute Gasteiger partial charge is 0.301 e. The van der Waals surface area contributed by atoms with Crippen molar-refractivity contribution in [1.29, 1.82) is 0 Å². The monoisotopic (exact) mass is 911 g/mol. The van der Waals surface area contributed by atoms with Crippen LogP contribution in [0.1, 0.15) is 65.6 Å². The van der Waals surface area contributed by atoms with E-state index >= 15 is 8.78 Å². The van der Waals surface area contributed by atoms with Gasteiger partial charge >= 0.3 is 10.2 Å². The van der Waals surface area contributed by atoms with Gasteiger partial charge in [-0.25, -0.2) is 23.7 Å². The number of fused-ring (bicyclic) bond motifs is 1. The molecule has 17 nitrogen and oxygen atoms in total. The zero-order valence-corrected chi connectivity index (χ0v) is 37.1. The maximum Gasteiger partial charge on any atom is 0.301 e. The third-order valence-electron chi connectivity index (χ3n) is 12.8. The topological polar surface area (TPSA) is 206 Å². The molecule has 2 atom stereocenters. The molecule has 2 unspecified atom stereocenters. The molecule has 2 aromatic carbocycles. The van der Waals surface area contributed by atoms with Crippen LogP contribution in [0, 0.1) is 18.6 Å². The summed E-state index contributed by atoms with van der Waals surface area (Å²) in [6.07, 6.45) is 9.97. The van der Waals surface area contributed by atoms with Crippen molar-refractivity contribution in [3.8, 4) is 11.1 Å². The number of likely N-dealkylation sites (tertiary alicyclic amines) is 1. The fourth-order valence-corrected chi connectivity index (χ4v) is 9.73. The van der Waals surface area contributed by atoms with Gasteiger partial charge in [0.1, 0.15) is 23.8 Å². The van der Waals surface area contributed by atoms with Crippen molar-refractivity contribution in [2.75, 3.05) is 74.3 Å². The number of carbonyl (C=O) groups is 4. The largest absolute Gasteiger partial charge is 0.374 e. The number of piperazine rings is 1. The lowest BCUT2D eigenvalue weighted by Crippen LogP contribution is -2.53. The third-order valence-corrected chi connectivity index (χ3v) is 14.3. The fourth-order valence-electron chi connectivity index (χ4n) is 8.80. The number of imide groups is 1. The number of amides is 2. The molecule has 65 heavy (non-hydrogen) atoms. The summed E-state index contributed by atoms with van der Waals surface area (Å²) in [7, 11) is -2.86. The molecule has 3 saturated heterocycles. The highest BCUT2D eigenvalue weighted by Crippen LogP contribution is 2.34. The van der Waals surface area contributed by atoms with Gasteiger partial charge < -0.3 is 20.0 Å². The second-order valence-corrected chi connectivity index (χ2v) is 18.5. The number of aromatic amines is 1. The van der Waals surface area contributed by atoms with Crippen molar-refractivity contribution in [2.24, 2.45) is 0 Å². The maximum absolute atomic E-state index is 15.7. The second kappa shape index (κ2) is 19.1. The predicted octanol–water partition coefficient (Wildman–Crippen LogP) is 4.23. The highest BCUT2D eigenvalue weighted by molar-refractivity contribution is 7.90. The number of piperidine rings is 2. The first-order valence-corrected chi connectivity index (χ1v) is 23.1. The molecule has 0 spiro atoms. The van der Waals surface area contributed by atoms with Gasteiger partial charge in [-0.05, 0) is 80.6 Å². The minimum absolute atomic E-state index is 0.0442. The van der Waals surface area contributed by atoms with Crippen molar-refractivity contribution in [3.05, 3.63) is 95.1 Å². The van der Waals surface area contributed by atoms with Gasteiger partial charge in [-0.1, -0.05) is 19.1 Å². The number of hydrogen-bond donors (Lipinski definition) is 4. The quantitative estimate of drug-likeness (QED) is 0.0661. The molecule has 342 valence electrons. The first-order valence-electron chi connectivity index (χ1n) is 21.7. The number of benzene rings is 2. The summed E-state index contributed by atoms with van der Waals surface area (Å²) in [5.74, 6) is -3.11. The summed E-state index contributed by atoms with van der Waals surface area (Å²) in [5, 5.41) is 5.95. The number of hydrogen-bond acceptors (Lipinski definition) is 13. The van der Waals surface area contributed by atoms with E-state index in [1.54, 1.807) is 32.4 Å². The molecule has 5 aromatic rings. The number of rotatable bonds is 15. The Bertz CT molecular complexity index is 2700. The molecule has 3 aliphatic rings. The number of anilines is 3. The van der Waals surface area contributed by atoms with Crippen LogP contribution >= 0.6 is 0 Å². The van der Waals surface area contributed by atoms with Gasteiger partial charge in [0.25, 0.3) is 0 Å². The van der Waals surface area contributed by atoms with Crippen LogP contribution in [0.25, 0.3) is 22.2 Å². The molecular weight excluding hydrogens is 861 g/mol. The van der Waals surface area contributed by atoms with E-state index in [0.29, 0.717) is 72.1 Å². The van der Waals surface area contributed by atoms with Crippen LogP contribution in [-0.2, 0) is 24.6 Å². The number of aryl methyl sites for hydroxylation is 1. The van der Waals surface area contributed by atoms with Crippen LogP contribution in [0.2, 0.25) is 0 Å². The first kappa shape index (κ1) is 45.4. The number of nitrogens with zero attached hydrogens (tertiary/aromatic N) is 7. The maximum atomic E-state index is 15.7. The lowest BCUT2D eigenvalue weighted by atomic mass is 9.88. The van der Waals surface area contributed by atoms with Crippen LogP contribution in [0.15, 0.2) is 61.2 Å². The van der Waals surface area contributed by atoms with Gasteiger partial charge in [-0.3, -0.25) is 34.2 Å². The molecule has 4 N–H and O–H groups in total. The van der Waals surface area contributed by atoms with Gasteiger partial charge in [0, 0.05) is 99.7 Å². The van der Waals surface area contributed by atoms with Crippen LogP contribution in [0.5, 0.6) is 0 Å². The summed E-state index contributed by atoms with van der Waals surface area (Å²) in [6.45, 7) is 8.46. The Morgan fingerprint density at radius 3 is 2.34 bits per heavy atom. The van der Waals surface area contributed by atoms with Crippen molar-refractivity contribution in [3.63, 3.8) is 0 Å². The van der Waals surface area contributed by atoms with E-state index in [1.165, 1.54) is 18.8 Å². The third kappa shape index (κ3) is 9.61. The average Bonchev–Trinajstić information content (AvgIpc) is 3.76. The van der Waals surface area contributed by atoms with Crippen molar-refractivity contribution in [1.82, 2.24) is 39.4 Å². The zero-order valence-electron chi connectivity index (χ0n) is 36.3. The van der Waals surface area contributed by atoms with Crippen molar-refractivity contribution >= 4 is 62.4 Å². The molecule has 3 fully saturated rings. The molecule has 8 rings (SSSR count). The lowest BCUT2D eigenvalue weighted by Gasteiger charge is -2.40. The molecule has 0 aliphatic carbocycles. The van der Waals surface area contributed by atoms with Gasteiger partial charge in [0.2, 0.25) is 23.5 Å². The molecule has 3 aliphatic heterocycles. The molecule has 0 radical (unpaired) electrons. The van der Waals surface area contributed by atoms with Crippen LogP contribution < -0.4 is 20.3 Å². The van der Waals surface area contributed by atoms with Gasteiger partial charge in [0.05, 0.1) is 22.9 Å². The number of pyridine rings is 1. The minimum atomic E-state index is -4.16. The molecule has 3 aromatic heterocycles. The van der Waals surface area contributed by atoms with Crippen molar-refractivity contribution < 1.29 is 36.4 Å². The lowest BCUT2D eigenvalue weighted by molar-refractivity contribution is -0.133. The number of nitrogens with one attached hydrogen (secondary N) is 4. The van der Waals surface area contributed by atoms with E-state index in [2.05, 4.69) is 62.1 Å². The Morgan fingerprint density at radius 1 is 0.969 bits per heavy atom. The summed E-state index contributed by atoms with van der Waals surface area (Å²) >= 11 is 0. The Labute approximate surface area is 375 Å². The summed E-state index contributed by atoms with van der Waals surface area (Å²) in [4.78, 5) is 73.2. The highest BCUT2D eigenvalue weighted by atomic mass is 32.2. The van der Waals surface area contributed by atoms with Gasteiger partial charge in [-0.15, -0.1) is 0 Å². The highest BCUT2D eigenvalue weighted by Gasteiger charge is 2.31. The molecule has 0 bridgehead atoms. The van der Waals surface area contributed by atoms with E-state index < -0.39 is 44.9 Å². The van der Waals surface area contributed by atoms with Gasteiger partial charge in [0.15, 0.2) is 5.82 Å². The summed E-state index contributed by atoms with van der Waals surface area (Å²) in [5.41, 5.74) is 2.68. The summed E-state index contributed by atoms with van der Waals surface area (Å²) < 4.78 is 59.1. The van der Waals surface area contributed by atoms with E-state index in [1.807, 2.05) is 12.1 Å². The number of H-pyrrole nitrogens is 1. The van der Waals surface area contributed by atoms with E-state index in [4.69, 9.17) is 0 Å². The molecule has 20 heteroatoms. The predicted molar refractivity (Wildman–Crippen MR) is 241 cm³/mol. The van der Waals surface area contributed by atoms with Gasteiger partial charge in [-0.2, -0.15) is 12.7 Å². The van der Waals surface area contributed by atoms with E-state index in [-0.39, 0.29) is 30.0 Å². The zero-order chi connectivity index (χ0) is 46.0. The standard InChI is InChI=1S/C45H51F2N11O6S/c1-4-55(3)65(63,64)54-36-10-9-35(46)40(41(36)47)42(61)34-24-49-43-39(34)27(2)33(23-48-43)30-21-50-45(51-22-30)58-19-17-56(18-20-58)25-32(26-59)57-15-13-29(14-16-57)28-5-7-31(8-6-28)52-37-11-12-38(60)53-44(37)62/h5-10,21-24,26,29,32,37,52,54H,4,11-20,25H2,1-3H3,(H,48,49)(H,53,60,62). The van der Waals surface area contributed by atoms with Crippen LogP contribution in [0.4, 0.5) is 26.1 Å². The van der Waals surface area contributed by atoms with E-state index in [0.717, 1.165) is 67.4 Å². The molecule has 6 heterocycles. The minimum Gasteiger partial charge on any atom is -0.374 e.